The third kappa shape index (κ3) is 10.4. The molecule has 2 aromatic carbocycles. The molecule has 12 nitrogen and oxygen atoms in total. The zero-order valence-electron chi connectivity index (χ0n) is 24.3. The highest BCUT2D eigenvalue weighted by Gasteiger charge is 2.37. The molecule has 1 aliphatic rings. The van der Waals surface area contributed by atoms with Gasteiger partial charge in [-0.05, 0) is 36.1 Å². The number of benzene rings is 2. The van der Waals surface area contributed by atoms with E-state index < -0.39 is 36.0 Å². The molecule has 1 fully saturated rings. The van der Waals surface area contributed by atoms with E-state index in [0.29, 0.717) is 25.2 Å². The summed E-state index contributed by atoms with van der Waals surface area (Å²) in [4.78, 5) is 55.3. The summed E-state index contributed by atoms with van der Waals surface area (Å²) < 4.78 is 11.4. The highest BCUT2D eigenvalue weighted by atomic mass is 16.6. The molecule has 1 aromatic heterocycles. The number of carbonyl (C=O) groups excluding carboxylic acids is 3. The summed E-state index contributed by atoms with van der Waals surface area (Å²) in [6, 6.07) is 22.6. The number of hydrogen-bond donors (Lipinski definition) is 4. The number of carbonyl (C=O) groups is 4. The second-order valence-corrected chi connectivity index (χ2v) is 10.4. The molecule has 3 atom stereocenters. The Balaban J connectivity index is 1.24. The van der Waals surface area contributed by atoms with E-state index in [1.54, 1.807) is 11.1 Å². The van der Waals surface area contributed by atoms with Crippen LogP contribution in [0, 0.1) is 0 Å². The van der Waals surface area contributed by atoms with Crippen molar-refractivity contribution in [3.8, 4) is 0 Å². The Bertz CT molecular complexity index is 1360. The summed E-state index contributed by atoms with van der Waals surface area (Å²) in [5, 5.41) is 17.7. The molecule has 0 spiro atoms. The van der Waals surface area contributed by atoms with Crippen molar-refractivity contribution in [2.45, 2.75) is 44.1 Å². The molecule has 1 saturated heterocycles. The minimum absolute atomic E-state index is 0.118. The molecule has 4 N–H and O–H groups in total. The van der Waals surface area contributed by atoms with Gasteiger partial charge >= 0.3 is 12.1 Å². The van der Waals surface area contributed by atoms with E-state index >= 15 is 0 Å². The monoisotopic (exact) mass is 603 g/mol. The van der Waals surface area contributed by atoms with Gasteiger partial charge in [0, 0.05) is 25.7 Å². The molecule has 0 radical (unpaired) electrons. The Kier molecular flexibility index (Phi) is 12.1. The number of aliphatic carboxylic acids is 1. The fourth-order valence-corrected chi connectivity index (χ4v) is 4.73. The number of nitrogens with zero attached hydrogens (tertiary/aromatic N) is 2. The SMILES string of the molecule is O=C(COC1CC(CNc2ccccn2)N(C(=O)OCc2ccccc2)C1)NCC(NC(=O)CCc1ccccc1)C(=O)O. The van der Waals surface area contributed by atoms with E-state index in [4.69, 9.17) is 9.47 Å². The smallest absolute Gasteiger partial charge is 0.410 e. The first-order valence-electron chi connectivity index (χ1n) is 14.4. The maximum absolute atomic E-state index is 13.0. The topological polar surface area (TPSA) is 159 Å². The van der Waals surface area contributed by atoms with Gasteiger partial charge in [0.05, 0.1) is 18.7 Å². The van der Waals surface area contributed by atoms with E-state index in [1.165, 1.54) is 0 Å². The predicted molar refractivity (Wildman–Crippen MR) is 162 cm³/mol. The standard InChI is InChI=1S/C32H37N5O7/c38-29(15-14-23-9-3-1-4-10-23)36-27(31(40)41)19-35-30(39)22-43-26-17-25(18-34-28-13-7-8-16-33-28)37(20-26)32(42)44-21-24-11-5-2-6-12-24/h1-13,16,25-27H,14-15,17-22H2,(H,33,34)(H,35,39)(H,36,38)(H,40,41). The summed E-state index contributed by atoms with van der Waals surface area (Å²) in [6.07, 6.45) is 1.75. The van der Waals surface area contributed by atoms with Crippen molar-refractivity contribution >= 4 is 29.7 Å². The molecule has 3 unspecified atom stereocenters. The average molecular weight is 604 g/mol. The Morgan fingerprint density at radius 2 is 1.64 bits per heavy atom. The molecule has 3 amide bonds. The lowest BCUT2D eigenvalue weighted by Gasteiger charge is -2.24. The first-order chi connectivity index (χ1) is 21.4. The summed E-state index contributed by atoms with van der Waals surface area (Å²) in [6.45, 7) is 0.0938. The van der Waals surface area contributed by atoms with Crippen molar-refractivity contribution in [1.82, 2.24) is 20.5 Å². The largest absolute Gasteiger partial charge is 0.480 e. The molecular formula is C32H37N5O7. The zero-order valence-corrected chi connectivity index (χ0v) is 24.3. The van der Waals surface area contributed by atoms with Gasteiger partial charge < -0.3 is 35.4 Å². The van der Waals surface area contributed by atoms with Gasteiger partial charge in [-0.25, -0.2) is 14.6 Å². The Morgan fingerprint density at radius 3 is 2.32 bits per heavy atom. The maximum atomic E-state index is 13.0. The Labute approximate surface area is 255 Å². The van der Waals surface area contributed by atoms with Gasteiger partial charge in [-0.15, -0.1) is 0 Å². The van der Waals surface area contributed by atoms with Crippen LogP contribution in [0.4, 0.5) is 10.6 Å². The van der Waals surface area contributed by atoms with Crippen molar-refractivity contribution < 1.29 is 33.8 Å². The number of carboxylic acid groups (broad SMARTS) is 1. The van der Waals surface area contributed by atoms with Crippen molar-refractivity contribution in [3.05, 3.63) is 96.2 Å². The van der Waals surface area contributed by atoms with Gasteiger partial charge in [0.2, 0.25) is 11.8 Å². The summed E-state index contributed by atoms with van der Waals surface area (Å²) in [5.74, 6) is -1.57. The lowest BCUT2D eigenvalue weighted by atomic mass is 10.1. The Morgan fingerprint density at radius 1 is 0.932 bits per heavy atom. The number of anilines is 1. The van der Waals surface area contributed by atoms with Crippen LogP contribution in [0.15, 0.2) is 85.1 Å². The van der Waals surface area contributed by atoms with E-state index in [9.17, 15) is 24.3 Å². The summed E-state index contributed by atoms with van der Waals surface area (Å²) in [7, 11) is 0. The molecule has 3 aromatic rings. The summed E-state index contributed by atoms with van der Waals surface area (Å²) >= 11 is 0. The molecule has 0 aliphatic carbocycles. The quantitative estimate of drug-likeness (QED) is 0.205. The van der Waals surface area contributed by atoms with Gasteiger partial charge in [0.25, 0.3) is 0 Å². The van der Waals surface area contributed by atoms with Crippen molar-refractivity contribution in [1.29, 1.82) is 0 Å². The Hall–Kier alpha value is -4.97. The van der Waals surface area contributed by atoms with E-state index in [2.05, 4.69) is 20.9 Å². The second-order valence-electron chi connectivity index (χ2n) is 10.4. The third-order valence-electron chi connectivity index (χ3n) is 7.07. The number of hydrogen-bond acceptors (Lipinski definition) is 8. The van der Waals surface area contributed by atoms with Crippen LogP contribution in [0.5, 0.6) is 0 Å². The fourth-order valence-electron chi connectivity index (χ4n) is 4.73. The van der Waals surface area contributed by atoms with E-state index in [0.717, 1.165) is 11.1 Å². The molecule has 12 heteroatoms. The predicted octanol–water partition coefficient (Wildman–Crippen LogP) is 2.61. The van der Waals surface area contributed by atoms with Gasteiger partial charge in [-0.2, -0.15) is 0 Å². The van der Waals surface area contributed by atoms with Crippen LogP contribution in [0.2, 0.25) is 0 Å². The van der Waals surface area contributed by atoms with Crippen LogP contribution in [-0.2, 0) is 36.9 Å². The molecule has 1 aliphatic heterocycles. The number of aromatic nitrogens is 1. The first-order valence-corrected chi connectivity index (χ1v) is 14.4. The molecule has 0 saturated carbocycles. The van der Waals surface area contributed by atoms with Gasteiger partial charge in [0.15, 0.2) is 0 Å². The number of carboxylic acids is 1. The van der Waals surface area contributed by atoms with Crippen LogP contribution in [0.25, 0.3) is 0 Å². The zero-order chi connectivity index (χ0) is 31.1. The van der Waals surface area contributed by atoms with E-state index in [1.807, 2.05) is 78.9 Å². The van der Waals surface area contributed by atoms with Crippen LogP contribution in [0.3, 0.4) is 0 Å². The minimum Gasteiger partial charge on any atom is -0.480 e. The molecule has 44 heavy (non-hydrogen) atoms. The second kappa shape index (κ2) is 16.6. The van der Waals surface area contributed by atoms with Crippen LogP contribution < -0.4 is 16.0 Å². The number of rotatable bonds is 15. The van der Waals surface area contributed by atoms with Crippen molar-refractivity contribution in [3.63, 3.8) is 0 Å². The van der Waals surface area contributed by atoms with E-state index in [-0.39, 0.29) is 38.8 Å². The van der Waals surface area contributed by atoms with Gasteiger partial charge in [-0.1, -0.05) is 66.7 Å². The van der Waals surface area contributed by atoms with Crippen molar-refractivity contribution in [2.24, 2.45) is 0 Å². The van der Waals surface area contributed by atoms with Gasteiger partial charge in [0.1, 0.15) is 25.1 Å². The normalized spacial score (nSPS) is 16.5. The highest BCUT2D eigenvalue weighted by Crippen LogP contribution is 2.22. The number of ether oxygens (including phenoxy) is 2. The molecule has 0 bridgehead atoms. The van der Waals surface area contributed by atoms with Crippen LogP contribution >= 0.6 is 0 Å². The third-order valence-corrected chi connectivity index (χ3v) is 7.07. The average Bonchev–Trinajstić information content (AvgIpc) is 3.47. The number of nitrogens with one attached hydrogen (secondary N) is 3. The highest BCUT2D eigenvalue weighted by molar-refractivity contribution is 5.85. The lowest BCUT2D eigenvalue weighted by molar-refractivity contribution is -0.142. The molecule has 4 rings (SSSR count). The lowest BCUT2D eigenvalue weighted by Crippen LogP contribution is -2.49. The first kappa shape index (κ1) is 32.0. The van der Waals surface area contributed by atoms with Gasteiger partial charge in [-0.3, -0.25) is 9.59 Å². The molecule has 2 heterocycles. The summed E-state index contributed by atoms with van der Waals surface area (Å²) in [5.41, 5.74) is 1.82. The van der Waals surface area contributed by atoms with Crippen LogP contribution in [-0.4, -0.2) is 83.3 Å². The van der Waals surface area contributed by atoms with Crippen LogP contribution in [0.1, 0.15) is 24.0 Å². The van der Waals surface area contributed by atoms with Crippen molar-refractivity contribution in [2.75, 3.05) is 31.6 Å². The minimum atomic E-state index is -1.29. The number of aryl methyl sites for hydroxylation is 1. The molecular weight excluding hydrogens is 566 g/mol. The number of pyridine rings is 1. The molecule has 232 valence electrons. The number of amides is 3. The maximum Gasteiger partial charge on any atom is 0.410 e. The number of likely N-dealkylation sites (tertiary alicyclic amines) is 1. The fraction of sp³-hybridized carbons (Fsp3) is 0.344.